The van der Waals surface area contributed by atoms with Crippen LogP contribution >= 0.6 is 11.6 Å². The molecule has 1 aromatic heterocycles. The molecular formula is C15H20ClN3. The van der Waals surface area contributed by atoms with Crippen molar-refractivity contribution in [3.63, 3.8) is 0 Å². The number of rotatable bonds is 5. The van der Waals surface area contributed by atoms with E-state index >= 15 is 0 Å². The van der Waals surface area contributed by atoms with Gasteiger partial charge in [0.15, 0.2) is 0 Å². The van der Waals surface area contributed by atoms with Gasteiger partial charge in [0.25, 0.3) is 0 Å². The van der Waals surface area contributed by atoms with Gasteiger partial charge in [-0.3, -0.25) is 4.68 Å². The quantitative estimate of drug-likeness (QED) is 0.908. The molecule has 0 aliphatic heterocycles. The molecule has 0 amide bonds. The van der Waals surface area contributed by atoms with Gasteiger partial charge < -0.3 is 5.32 Å². The fourth-order valence-electron chi connectivity index (χ4n) is 1.94. The molecule has 0 fully saturated rings. The zero-order valence-electron chi connectivity index (χ0n) is 11.7. The van der Waals surface area contributed by atoms with E-state index in [0.29, 0.717) is 6.04 Å². The van der Waals surface area contributed by atoms with E-state index < -0.39 is 0 Å². The van der Waals surface area contributed by atoms with Gasteiger partial charge in [0.05, 0.1) is 12.7 Å². The fourth-order valence-corrected chi connectivity index (χ4v) is 2.15. The van der Waals surface area contributed by atoms with Crippen molar-refractivity contribution >= 4 is 11.6 Å². The largest absolute Gasteiger partial charge is 0.310 e. The highest BCUT2D eigenvalue weighted by Crippen LogP contribution is 2.14. The third-order valence-corrected chi connectivity index (χ3v) is 3.36. The lowest BCUT2D eigenvalue weighted by Gasteiger charge is -2.09. The Bertz CT molecular complexity index is 546. The summed E-state index contributed by atoms with van der Waals surface area (Å²) in [6.45, 7) is 8.01. The summed E-state index contributed by atoms with van der Waals surface area (Å²) in [5, 5.41) is 8.63. The van der Waals surface area contributed by atoms with E-state index in [2.05, 4.69) is 37.3 Å². The van der Waals surface area contributed by atoms with Crippen molar-refractivity contribution in [2.24, 2.45) is 0 Å². The first-order valence-corrected chi connectivity index (χ1v) is 6.93. The number of halogens is 1. The SMILES string of the molecule is Cc1c(CNC(C)C)cnn1Cc1cccc(Cl)c1. The molecule has 0 bridgehead atoms. The molecule has 0 saturated carbocycles. The van der Waals surface area contributed by atoms with Crippen molar-refractivity contribution in [1.82, 2.24) is 15.1 Å². The Labute approximate surface area is 119 Å². The van der Waals surface area contributed by atoms with Crippen LogP contribution in [0.2, 0.25) is 5.02 Å². The molecule has 4 heteroatoms. The number of nitrogens with one attached hydrogen (secondary N) is 1. The van der Waals surface area contributed by atoms with Gasteiger partial charge in [-0.2, -0.15) is 5.10 Å². The van der Waals surface area contributed by atoms with Crippen molar-refractivity contribution in [3.8, 4) is 0 Å². The van der Waals surface area contributed by atoms with Crippen LogP contribution in [0.1, 0.15) is 30.7 Å². The Kier molecular flexibility index (Phi) is 4.61. The Balaban J connectivity index is 2.09. The maximum atomic E-state index is 6.00. The molecule has 0 atom stereocenters. The summed E-state index contributed by atoms with van der Waals surface area (Å²) in [7, 11) is 0. The molecule has 0 radical (unpaired) electrons. The molecule has 0 unspecified atom stereocenters. The lowest BCUT2D eigenvalue weighted by atomic mass is 10.2. The Morgan fingerprint density at radius 3 is 2.84 bits per heavy atom. The van der Waals surface area contributed by atoms with Gasteiger partial charge in [0, 0.05) is 28.9 Å². The molecule has 0 spiro atoms. The Hall–Kier alpha value is -1.32. The Morgan fingerprint density at radius 1 is 1.37 bits per heavy atom. The van der Waals surface area contributed by atoms with Gasteiger partial charge in [-0.05, 0) is 24.6 Å². The van der Waals surface area contributed by atoms with Crippen molar-refractivity contribution < 1.29 is 0 Å². The third kappa shape index (κ3) is 3.82. The van der Waals surface area contributed by atoms with Crippen LogP contribution in [0.25, 0.3) is 0 Å². The van der Waals surface area contributed by atoms with E-state index in [1.807, 2.05) is 29.1 Å². The van der Waals surface area contributed by atoms with E-state index in [1.165, 1.54) is 16.8 Å². The minimum Gasteiger partial charge on any atom is -0.310 e. The molecule has 19 heavy (non-hydrogen) atoms. The number of aromatic nitrogens is 2. The number of hydrogen-bond donors (Lipinski definition) is 1. The fraction of sp³-hybridized carbons (Fsp3) is 0.400. The minimum atomic E-state index is 0.482. The molecular weight excluding hydrogens is 258 g/mol. The molecule has 0 saturated heterocycles. The zero-order chi connectivity index (χ0) is 13.8. The van der Waals surface area contributed by atoms with E-state index in [-0.39, 0.29) is 0 Å². The average molecular weight is 278 g/mol. The number of hydrogen-bond acceptors (Lipinski definition) is 2. The topological polar surface area (TPSA) is 29.9 Å². The van der Waals surface area contributed by atoms with Crippen LogP contribution in [0.15, 0.2) is 30.5 Å². The summed E-state index contributed by atoms with van der Waals surface area (Å²) >= 11 is 6.00. The second-order valence-corrected chi connectivity index (χ2v) is 5.51. The first-order chi connectivity index (χ1) is 9.06. The van der Waals surface area contributed by atoms with Crippen LogP contribution in [-0.4, -0.2) is 15.8 Å². The molecule has 3 nitrogen and oxygen atoms in total. The Morgan fingerprint density at radius 2 is 2.16 bits per heavy atom. The highest BCUT2D eigenvalue weighted by Gasteiger charge is 2.07. The second-order valence-electron chi connectivity index (χ2n) is 5.08. The van der Waals surface area contributed by atoms with Crippen molar-refractivity contribution in [3.05, 3.63) is 52.3 Å². The van der Waals surface area contributed by atoms with Crippen LogP contribution in [0.3, 0.4) is 0 Å². The van der Waals surface area contributed by atoms with Gasteiger partial charge >= 0.3 is 0 Å². The van der Waals surface area contributed by atoms with Crippen LogP contribution in [0.5, 0.6) is 0 Å². The summed E-state index contributed by atoms with van der Waals surface area (Å²) in [5.41, 5.74) is 3.62. The highest BCUT2D eigenvalue weighted by atomic mass is 35.5. The molecule has 1 aromatic carbocycles. The van der Waals surface area contributed by atoms with Gasteiger partial charge in [-0.15, -0.1) is 0 Å². The van der Waals surface area contributed by atoms with Crippen molar-refractivity contribution in [2.45, 2.75) is 39.9 Å². The molecule has 1 heterocycles. The lowest BCUT2D eigenvalue weighted by molar-refractivity contribution is 0.585. The zero-order valence-corrected chi connectivity index (χ0v) is 12.4. The van der Waals surface area contributed by atoms with Crippen LogP contribution < -0.4 is 5.32 Å². The highest BCUT2D eigenvalue weighted by molar-refractivity contribution is 6.30. The van der Waals surface area contributed by atoms with Crippen molar-refractivity contribution in [1.29, 1.82) is 0 Å². The summed E-state index contributed by atoms with van der Waals surface area (Å²) < 4.78 is 2.02. The van der Waals surface area contributed by atoms with Crippen LogP contribution in [-0.2, 0) is 13.1 Å². The van der Waals surface area contributed by atoms with Gasteiger partial charge in [-0.1, -0.05) is 37.6 Å². The predicted octanol–water partition coefficient (Wildman–Crippen LogP) is 3.39. The third-order valence-electron chi connectivity index (χ3n) is 3.13. The first kappa shape index (κ1) is 14.1. The molecule has 0 aliphatic rings. The first-order valence-electron chi connectivity index (χ1n) is 6.55. The van der Waals surface area contributed by atoms with E-state index in [9.17, 15) is 0 Å². The second kappa shape index (κ2) is 6.22. The van der Waals surface area contributed by atoms with E-state index in [0.717, 1.165) is 18.1 Å². The maximum Gasteiger partial charge on any atom is 0.0663 e. The van der Waals surface area contributed by atoms with Crippen LogP contribution in [0, 0.1) is 6.92 Å². The summed E-state index contributed by atoms with van der Waals surface area (Å²) in [6.07, 6.45) is 1.94. The number of benzene rings is 1. The molecule has 0 aliphatic carbocycles. The monoisotopic (exact) mass is 277 g/mol. The average Bonchev–Trinajstić information content (AvgIpc) is 2.68. The minimum absolute atomic E-state index is 0.482. The predicted molar refractivity (Wildman–Crippen MR) is 79.5 cm³/mol. The molecule has 2 aromatic rings. The van der Waals surface area contributed by atoms with Gasteiger partial charge in [0.1, 0.15) is 0 Å². The summed E-state index contributed by atoms with van der Waals surface area (Å²) in [5.74, 6) is 0. The molecule has 102 valence electrons. The normalized spacial score (nSPS) is 11.2. The smallest absolute Gasteiger partial charge is 0.0663 e. The van der Waals surface area contributed by atoms with E-state index in [1.54, 1.807) is 0 Å². The standard InChI is InChI=1S/C15H20ClN3/c1-11(2)17-8-14-9-18-19(12(14)3)10-13-5-4-6-15(16)7-13/h4-7,9,11,17H,8,10H2,1-3H3. The lowest BCUT2D eigenvalue weighted by Crippen LogP contribution is -2.22. The van der Waals surface area contributed by atoms with Gasteiger partial charge in [0.2, 0.25) is 0 Å². The summed E-state index contributed by atoms with van der Waals surface area (Å²) in [4.78, 5) is 0. The van der Waals surface area contributed by atoms with E-state index in [4.69, 9.17) is 11.6 Å². The van der Waals surface area contributed by atoms with Crippen molar-refractivity contribution in [2.75, 3.05) is 0 Å². The van der Waals surface area contributed by atoms with Crippen LogP contribution in [0.4, 0.5) is 0 Å². The van der Waals surface area contributed by atoms with Gasteiger partial charge in [-0.25, -0.2) is 0 Å². The summed E-state index contributed by atoms with van der Waals surface area (Å²) in [6, 6.07) is 8.39. The maximum absolute atomic E-state index is 6.00. The number of nitrogens with zero attached hydrogens (tertiary/aromatic N) is 2. The molecule has 1 N–H and O–H groups in total. The molecule has 2 rings (SSSR count).